The Kier molecular flexibility index (Phi) is 4.41. The van der Waals surface area contributed by atoms with Crippen molar-refractivity contribution < 1.29 is 0 Å². The maximum atomic E-state index is 5.26. The molecule has 1 fully saturated rings. The Balaban J connectivity index is 1.84. The van der Waals surface area contributed by atoms with E-state index in [1.807, 2.05) is 13.1 Å². The molecule has 3 aromatic rings. The van der Waals surface area contributed by atoms with Crippen molar-refractivity contribution >= 4 is 0 Å². The van der Waals surface area contributed by atoms with Crippen LogP contribution in [0.2, 0.25) is 0 Å². The molecule has 3 heterocycles. The summed E-state index contributed by atoms with van der Waals surface area (Å²) in [6.45, 7) is 4.39. The lowest BCUT2D eigenvalue weighted by molar-refractivity contribution is 0.492. The Labute approximate surface area is 165 Å². The summed E-state index contributed by atoms with van der Waals surface area (Å²) < 4.78 is 0. The predicted octanol–water partition coefficient (Wildman–Crippen LogP) is 4.41. The number of fused-ring (bicyclic) bond motifs is 1. The lowest BCUT2D eigenvalue weighted by Gasteiger charge is -2.28. The normalized spacial score (nSPS) is 19.7. The summed E-state index contributed by atoms with van der Waals surface area (Å²) in [6.07, 6.45) is 10.2. The molecule has 1 unspecified atom stereocenters. The SMILES string of the molecule is Cc1cc(-c2c3c(nc(C4CCCC4)c2-c2nnn[nH]2)CCC(C)C3)ccn1. The van der Waals surface area contributed by atoms with Gasteiger partial charge in [0.15, 0.2) is 5.82 Å². The van der Waals surface area contributed by atoms with Gasteiger partial charge >= 0.3 is 0 Å². The molecule has 1 saturated carbocycles. The number of aryl methyl sites for hydroxylation is 2. The van der Waals surface area contributed by atoms with Crippen molar-refractivity contribution in [1.29, 1.82) is 0 Å². The molecule has 144 valence electrons. The molecular formula is C22H26N6. The van der Waals surface area contributed by atoms with Gasteiger partial charge in [-0.15, -0.1) is 5.10 Å². The van der Waals surface area contributed by atoms with Gasteiger partial charge in [-0.3, -0.25) is 9.97 Å². The summed E-state index contributed by atoms with van der Waals surface area (Å²) in [5.74, 6) is 1.89. The molecular weight excluding hydrogens is 348 g/mol. The topological polar surface area (TPSA) is 80.2 Å². The van der Waals surface area contributed by atoms with Gasteiger partial charge in [0.05, 0.1) is 11.3 Å². The number of rotatable bonds is 3. The second-order valence-electron chi connectivity index (χ2n) is 8.44. The van der Waals surface area contributed by atoms with E-state index in [0.29, 0.717) is 11.8 Å². The number of pyridine rings is 2. The van der Waals surface area contributed by atoms with Crippen LogP contribution in [0.3, 0.4) is 0 Å². The fraction of sp³-hybridized carbons (Fsp3) is 0.500. The number of nitrogens with one attached hydrogen (secondary N) is 1. The van der Waals surface area contributed by atoms with Crippen LogP contribution in [-0.2, 0) is 12.8 Å². The number of tetrazole rings is 1. The summed E-state index contributed by atoms with van der Waals surface area (Å²) in [5, 5.41) is 15.1. The molecule has 1 N–H and O–H groups in total. The minimum Gasteiger partial charge on any atom is -0.262 e. The molecule has 6 nitrogen and oxygen atoms in total. The first-order chi connectivity index (χ1) is 13.7. The fourth-order valence-corrected chi connectivity index (χ4v) is 4.97. The molecule has 5 rings (SSSR count). The van der Waals surface area contributed by atoms with Crippen LogP contribution < -0.4 is 0 Å². The second-order valence-corrected chi connectivity index (χ2v) is 8.44. The first-order valence-electron chi connectivity index (χ1n) is 10.4. The maximum absolute atomic E-state index is 5.26. The van der Waals surface area contributed by atoms with E-state index in [2.05, 4.69) is 44.7 Å². The standard InChI is InChI=1S/C22H26N6/c1-13-7-8-18-17(11-13)19(16-9-10-23-14(2)12-16)20(22-25-27-28-26-22)21(24-18)15-5-3-4-6-15/h9-10,12-13,15H,3-8,11H2,1-2H3,(H,25,26,27,28). The average Bonchev–Trinajstić information content (AvgIpc) is 3.40. The van der Waals surface area contributed by atoms with Gasteiger partial charge in [0.25, 0.3) is 0 Å². The van der Waals surface area contributed by atoms with E-state index >= 15 is 0 Å². The molecule has 0 spiro atoms. The number of nitrogens with zero attached hydrogens (tertiary/aromatic N) is 5. The summed E-state index contributed by atoms with van der Waals surface area (Å²) in [7, 11) is 0. The van der Waals surface area contributed by atoms with E-state index < -0.39 is 0 Å². The van der Waals surface area contributed by atoms with Crippen molar-refractivity contribution in [3.63, 3.8) is 0 Å². The molecule has 28 heavy (non-hydrogen) atoms. The third-order valence-electron chi connectivity index (χ3n) is 6.35. The lowest BCUT2D eigenvalue weighted by Crippen LogP contribution is -2.18. The molecule has 2 aliphatic carbocycles. The summed E-state index contributed by atoms with van der Waals surface area (Å²) in [4.78, 5) is 9.68. The van der Waals surface area contributed by atoms with Crippen LogP contribution in [0.1, 0.15) is 67.6 Å². The van der Waals surface area contributed by atoms with Gasteiger partial charge in [0.2, 0.25) is 0 Å². The number of aromatic amines is 1. The van der Waals surface area contributed by atoms with Crippen LogP contribution in [0.25, 0.3) is 22.5 Å². The molecule has 0 aliphatic heterocycles. The van der Waals surface area contributed by atoms with E-state index in [-0.39, 0.29) is 0 Å². The monoisotopic (exact) mass is 374 g/mol. The molecule has 0 amide bonds. The highest BCUT2D eigenvalue weighted by Crippen LogP contribution is 2.45. The average molecular weight is 374 g/mol. The van der Waals surface area contributed by atoms with Gasteiger partial charge in [-0.25, -0.2) is 5.10 Å². The van der Waals surface area contributed by atoms with Gasteiger partial charge in [-0.2, -0.15) is 0 Å². The van der Waals surface area contributed by atoms with Crippen LogP contribution in [-0.4, -0.2) is 30.6 Å². The molecule has 0 bridgehead atoms. The Morgan fingerprint density at radius 1 is 1.11 bits per heavy atom. The zero-order valence-electron chi connectivity index (χ0n) is 16.6. The number of H-pyrrole nitrogens is 1. The Morgan fingerprint density at radius 2 is 1.96 bits per heavy atom. The highest BCUT2D eigenvalue weighted by Gasteiger charge is 2.31. The largest absolute Gasteiger partial charge is 0.262 e. The first-order valence-corrected chi connectivity index (χ1v) is 10.4. The van der Waals surface area contributed by atoms with Gasteiger partial charge < -0.3 is 0 Å². The molecule has 1 atom stereocenters. The minimum absolute atomic E-state index is 0.492. The van der Waals surface area contributed by atoms with Gasteiger partial charge in [0, 0.05) is 23.5 Å². The van der Waals surface area contributed by atoms with Gasteiger partial charge in [-0.05, 0) is 84.2 Å². The van der Waals surface area contributed by atoms with Crippen LogP contribution >= 0.6 is 0 Å². The molecule has 0 radical (unpaired) electrons. The van der Waals surface area contributed by atoms with E-state index in [1.165, 1.54) is 60.2 Å². The van der Waals surface area contributed by atoms with E-state index in [4.69, 9.17) is 4.98 Å². The Morgan fingerprint density at radius 3 is 2.71 bits per heavy atom. The molecule has 0 aromatic carbocycles. The molecule has 3 aromatic heterocycles. The van der Waals surface area contributed by atoms with E-state index in [9.17, 15) is 0 Å². The number of aromatic nitrogens is 6. The zero-order chi connectivity index (χ0) is 19.1. The zero-order valence-corrected chi connectivity index (χ0v) is 16.6. The Hall–Kier alpha value is -2.63. The van der Waals surface area contributed by atoms with Crippen molar-refractivity contribution in [3.8, 4) is 22.5 Å². The third kappa shape index (κ3) is 3.01. The number of hydrogen-bond acceptors (Lipinski definition) is 5. The predicted molar refractivity (Wildman–Crippen MR) is 108 cm³/mol. The van der Waals surface area contributed by atoms with Crippen molar-refractivity contribution in [2.24, 2.45) is 5.92 Å². The second kappa shape index (κ2) is 7.08. The summed E-state index contributed by atoms with van der Waals surface area (Å²) >= 11 is 0. The molecule has 6 heteroatoms. The van der Waals surface area contributed by atoms with Crippen LogP contribution in [0.15, 0.2) is 18.3 Å². The molecule has 0 saturated heterocycles. The van der Waals surface area contributed by atoms with E-state index in [1.54, 1.807) is 0 Å². The fourth-order valence-electron chi connectivity index (χ4n) is 4.97. The number of hydrogen-bond donors (Lipinski definition) is 1. The lowest BCUT2D eigenvalue weighted by atomic mass is 9.80. The van der Waals surface area contributed by atoms with E-state index in [0.717, 1.165) is 29.9 Å². The van der Waals surface area contributed by atoms with Gasteiger partial charge in [0.1, 0.15) is 0 Å². The smallest absolute Gasteiger partial charge is 0.181 e. The Bertz CT molecular complexity index is 989. The first kappa shape index (κ1) is 17.5. The van der Waals surface area contributed by atoms with Crippen LogP contribution in [0.4, 0.5) is 0 Å². The van der Waals surface area contributed by atoms with Crippen LogP contribution in [0.5, 0.6) is 0 Å². The highest BCUT2D eigenvalue weighted by molar-refractivity contribution is 5.85. The molecule has 2 aliphatic rings. The van der Waals surface area contributed by atoms with Crippen molar-refractivity contribution in [1.82, 2.24) is 30.6 Å². The summed E-state index contributed by atoms with van der Waals surface area (Å²) in [5.41, 5.74) is 8.44. The van der Waals surface area contributed by atoms with Crippen molar-refractivity contribution in [2.75, 3.05) is 0 Å². The highest BCUT2D eigenvalue weighted by atomic mass is 15.5. The maximum Gasteiger partial charge on any atom is 0.181 e. The quantitative estimate of drug-likeness (QED) is 0.734. The van der Waals surface area contributed by atoms with Gasteiger partial charge in [-0.1, -0.05) is 19.8 Å². The van der Waals surface area contributed by atoms with Crippen molar-refractivity contribution in [3.05, 3.63) is 41.0 Å². The van der Waals surface area contributed by atoms with Crippen LogP contribution in [0, 0.1) is 12.8 Å². The third-order valence-corrected chi connectivity index (χ3v) is 6.35. The minimum atomic E-state index is 0.492. The van der Waals surface area contributed by atoms with Crippen molar-refractivity contribution in [2.45, 2.75) is 64.7 Å². The summed E-state index contributed by atoms with van der Waals surface area (Å²) in [6, 6.07) is 4.30.